The Balaban J connectivity index is 1.56. The maximum Gasteiger partial charge on any atom is 0.193 e. The van der Waals surface area contributed by atoms with Crippen LogP contribution in [0.25, 0.3) is 0 Å². The standard InChI is InChI=1S/C20H31ClN4O2/c1-16-4-5-17(21)14-18(16)24-8-10-25(11-9-24)19(22-2)23-15-20(26-3)6-12-27-13-7-20/h4-5,14H,6-13,15H2,1-3H3,(H,22,23). The number of methoxy groups -OCH3 is 1. The van der Waals surface area contributed by atoms with Crippen molar-refractivity contribution in [2.75, 3.05) is 65.0 Å². The summed E-state index contributed by atoms with van der Waals surface area (Å²) < 4.78 is 11.3. The number of hydrogen-bond acceptors (Lipinski definition) is 4. The van der Waals surface area contributed by atoms with Crippen LogP contribution in [-0.4, -0.2) is 76.6 Å². The third-order valence-electron chi connectivity index (χ3n) is 5.71. The number of nitrogens with one attached hydrogen (secondary N) is 1. The molecule has 2 aliphatic heterocycles. The van der Waals surface area contributed by atoms with Gasteiger partial charge >= 0.3 is 0 Å². The van der Waals surface area contributed by atoms with Crippen LogP contribution in [0.15, 0.2) is 23.2 Å². The molecule has 2 fully saturated rings. The largest absolute Gasteiger partial charge is 0.381 e. The normalized spacial score (nSPS) is 20.7. The molecule has 150 valence electrons. The first-order chi connectivity index (χ1) is 13.1. The predicted molar refractivity (Wildman–Crippen MR) is 111 cm³/mol. The second kappa shape index (κ2) is 9.13. The van der Waals surface area contributed by atoms with E-state index in [2.05, 4.69) is 39.2 Å². The minimum Gasteiger partial charge on any atom is -0.381 e. The molecule has 1 N–H and O–H groups in total. The lowest BCUT2D eigenvalue weighted by Crippen LogP contribution is -2.56. The summed E-state index contributed by atoms with van der Waals surface area (Å²) >= 11 is 6.19. The number of anilines is 1. The molecular weight excluding hydrogens is 364 g/mol. The van der Waals surface area contributed by atoms with E-state index in [0.717, 1.165) is 69.8 Å². The molecule has 1 aromatic carbocycles. The second-order valence-corrected chi connectivity index (χ2v) is 7.74. The number of guanidine groups is 1. The average Bonchev–Trinajstić information content (AvgIpc) is 2.71. The van der Waals surface area contributed by atoms with Crippen LogP contribution >= 0.6 is 11.6 Å². The van der Waals surface area contributed by atoms with Gasteiger partial charge in [0.15, 0.2) is 5.96 Å². The van der Waals surface area contributed by atoms with Crippen LogP contribution in [0.1, 0.15) is 18.4 Å². The molecule has 2 saturated heterocycles. The van der Waals surface area contributed by atoms with Crippen molar-refractivity contribution in [3.8, 4) is 0 Å². The Bertz CT molecular complexity index is 653. The number of nitrogens with zero attached hydrogens (tertiary/aromatic N) is 3. The molecule has 0 unspecified atom stereocenters. The first-order valence-electron chi connectivity index (χ1n) is 9.66. The van der Waals surface area contributed by atoms with E-state index in [1.54, 1.807) is 7.11 Å². The third kappa shape index (κ3) is 4.86. The Hall–Kier alpha value is -1.50. The van der Waals surface area contributed by atoms with Crippen molar-refractivity contribution in [2.24, 2.45) is 4.99 Å². The van der Waals surface area contributed by atoms with Gasteiger partial charge in [0, 0.05) is 83.6 Å². The summed E-state index contributed by atoms with van der Waals surface area (Å²) in [5.74, 6) is 0.945. The molecule has 27 heavy (non-hydrogen) atoms. The highest BCUT2D eigenvalue weighted by Crippen LogP contribution is 2.26. The molecule has 0 radical (unpaired) electrons. The molecular formula is C20H31ClN4O2. The average molecular weight is 395 g/mol. The molecule has 7 heteroatoms. The van der Waals surface area contributed by atoms with Crippen molar-refractivity contribution in [2.45, 2.75) is 25.4 Å². The molecule has 2 heterocycles. The van der Waals surface area contributed by atoms with E-state index in [4.69, 9.17) is 21.1 Å². The van der Waals surface area contributed by atoms with Crippen LogP contribution in [-0.2, 0) is 9.47 Å². The van der Waals surface area contributed by atoms with E-state index in [0.29, 0.717) is 0 Å². The number of ether oxygens (including phenoxy) is 2. The number of benzene rings is 1. The van der Waals surface area contributed by atoms with Gasteiger partial charge in [-0.05, 0) is 24.6 Å². The topological polar surface area (TPSA) is 49.3 Å². The molecule has 0 bridgehead atoms. The third-order valence-corrected chi connectivity index (χ3v) is 5.94. The molecule has 0 aliphatic carbocycles. The minimum atomic E-state index is -0.159. The van der Waals surface area contributed by atoms with Gasteiger partial charge in [0.2, 0.25) is 0 Å². The van der Waals surface area contributed by atoms with Gasteiger partial charge in [0.05, 0.1) is 5.60 Å². The SMILES string of the molecule is CN=C(NCC1(OC)CCOCC1)N1CCN(c2cc(Cl)ccc2C)CC1. The first-order valence-corrected chi connectivity index (χ1v) is 10.0. The van der Waals surface area contributed by atoms with E-state index in [9.17, 15) is 0 Å². The minimum absolute atomic E-state index is 0.159. The van der Waals surface area contributed by atoms with Crippen molar-refractivity contribution in [3.63, 3.8) is 0 Å². The molecule has 0 amide bonds. The fourth-order valence-corrected chi connectivity index (χ4v) is 4.02. The Kier molecular flexibility index (Phi) is 6.84. The summed E-state index contributed by atoms with van der Waals surface area (Å²) in [6, 6.07) is 6.10. The molecule has 2 aliphatic rings. The number of hydrogen-bond donors (Lipinski definition) is 1. The predicted octanol–water partition coefficient (Wildman–Crippen LogP) is 2.54. The molecule has 6 nitrogen and oxygen atoms in total. The summed E-state index contributed by atoms with van der Waals surface area (Å²) in [6.07, 6.45) is 1.82. The number of halogens is 1. The van der Waals surface area contributed by atoms with Gasteiger partial charge in [-0.1, -0.05) is 17.7 Å². The van der Waals surface area contributed by atoms with Crippen molar-refractivity contribution in [1.29, 1.82) is 0 Å². The Labute approximate surface area is 167 Å². The monoisotopic (exact) mass is 394 g/mol. The molecule has 3 rings (SSSR count). The zero-order chi connectivity index (χ0) is 19.3. The van der Waals surface area contributed by atoms with Crippen LogP contribution in [0, 0.1) is 6.92 Å². The molecule has 0 spiro atoms. The maximum atomic E-state index is 6.19. The zero-order valence-corrected chi connectivity index (χ0v) is 17.4. The highest BCUT2D eigenvalue weighted by Gasteiger charge is 2.33. The summed E-state index contributed by atoms with van der Waals surface area (Å²) in [5, 5.41) is 4.32. The maximum absolute atomic E-state index is 6.19. The summed E-state index contributed by atoms with van der Waals surface area (Å²) in [6.45, 7) is 8.15. The van der Waals surface area contributed by atoms with Crippen LogP contribution < -0.4 is 10.2 Å². The molecule has 1 aromatic rings. The Morgan fingerprint density at radius 3 is 2.59 bits per heavy atom. The number of rotatable bonds is 4. The molecule has 0 aromatic heterocycles. The summed E-state index contributed by atoms with van der Waals surface area (Å²) in [7, 11) is 3.64. The number of piperazine rings is 1. The second-order valence-electron chi connectivity index (χ2n) is 7.31. The van der Waals surface area contributed by atoms with Gasteiger partial charge in [0.25, 0.3) is 0 Å². The quantitative estimate of drug-likeness (QED) is 0.628. The zero-order valence-electron chi connectivity index (χ0n) is 16.6. The van der Waals surface area contributed by atoms with Crippen molar-refractivity contribution in [3.05, 3.63) is 28.8 Å². The van der Waals surface area contributed by atoms with Gasteiger partial charge in [-0.2, -0.15) is 0 Å². The molecule has 0 atom stereocenters. The highest BCUT2D eigenvalue weighted by atomic mass is 35.5. The lowest BCUT2D eigenvalue weighted by Gasteiger charge is -2.40. The van der Waals surface area contributed by atoms with Crippen LogP contribution in [0.5, 0.6) is 0 Å². The lowest BCUT2D eigenvalue weighted by atomic mass is 9.94. The van der Waals surface area contributed by atoms with Gasteiger partial charge < -0.3 is 24.6 Å². The Morgan fingerprint density at radius 2 is 1.96 bits per heavy atom. The van der Waals surface area contributed by atoms with E-state index in [1.807, 2.05) is 13.1 Å². The van der Waals surface area contributed by atoms with Crippen LogP contribution in [0.2, 0.25) is 5.02 Å². The van der Waals surface area contributed by atoms with Crippen LogP contribution in [0.4, 0.5) is 5.69 Å². The van der Waals surface area contributed by atoms with Gasteiger partial charge in [-0.25, -0.2) is 0 Å². The lowest BCUT2D eigenvalue weighted by molar-refractivity contribution is -0.0857. The summed E-state index contributed by atoms with van der Waals surface area (Å²) in [5.41, 5.74) is 2.33. The van der Waals surface area contributed by atoms with Crippen LogP contribution in [0.3, 0.4) is 0 Å². The van der Waals surface area contributed by atoms with E-state index >= 15 is 0 Å². The van der Waals surface area contributed by atoms with Crippen molar-refractivity contribution < 1.29 is 9.47 Å². The Morgan fingerprint density at radius 1 is 1.26 bits per heavy atom. The number of aliphatic imine (C=N–C) groups is 1. The summed E-state index contributed by atoms with van der Waals surface area (Å²) in [4.78, 5) is 9.22. The number of aryl methyl sites for hydroxylation is 1. The first kappa shape index (κ1) is 20.2. The van der Waals surface area contributed by atoms with E-state index < -0.39 is 0 Å². The van der Waals surface area contributed by atoms with Gasteiger partial charge in [-0.3, -0.25) is 4.99 Å². The fourth-order valence-electron chi connectivity index (χ4n) is 3.85. The van der Waals surface area contributed by atoms with E-state index in [1.165, 1.54) is 11.3 Å². The van der Waals surface area contributed by atoms with E-state index in [-0.39, 0.29) is 5.60 Å². The fraction of sp³-hybridized carbons (Fsp3) is 0.650. The van der Waals surface area contributed by atoms with Gasteiger partial charge in [0.1, 0.15) is 0 Å². The van der Waals surface area contributed by atoms with Crippen molar-refractivity contribution in [1.82, 2.24) is 10.2 Å². The van der Waals surface area contributed by atoms with Crippen molar-refractivity contribution >= 4 is 23.2 Å². The smallest absolute Gasteiger partial charge is 0.193 e. The van der Waals surface area contributed by atoms with Gasteiger partial charge in [-0.15, -0.1) is 0 Å². The molecule has 0 saturated carbocycles. The highest BCUT2D eigenvalue weighted by molar-refractivity contribution is 6.30.